The van der Waals surface area contributed by atoms with Crippen LogP contribution in [0.25, 0.3) is 0 Å². The summed E-state index contributed by atoms with van der Waals surface area (Å²) in [5, 5.41) is 0. The first-order chi connectivity index (χ1) is 4.29. The Morgan fingerprint density at radius 3 is 2.78 bits per heavy atom. The minimum atomic E-state index is 0.566. The van der Waals surface area contributed by atoms with Crippen molar-refractivity contribution in [2.24, 2.45) is 5.92 Å². The van der Waals surface area contributed by atoms with Gasteiger partial charge in [-0.25, -0.2) is 0 Å². The van der Waals surface area contributed by atoms with E-state index in [0.717, 1.165) is 5.76 Å². The summed E-state index contributed by atoms with van der Waals surface area (Å²) in [5.41, 5.74) is 0. The van der Waals surface area contributed by atoms with Crippen molar-refractivity contribution in [2.45, 2.75) is 13.8 Å². The molecule has 0 fully saturated rings. The van der Waals surface area contributed by atoms with Crippen molar-refractivity contribution in [3.63, 3.8) is 0 Å². The van der Waals surface area contributed by atoms with Crippen LogP contribution in [0.4, 0.5) is 0 Å². The average Bonchev–Trinajstić information content (AvgIpc) is 2.15. The molecule has 1 heteroatoms. The molecule has 0 aliphatic carbocycles. The smallest absolute Gasteiger partial charge is 0.107 e. The van der Waals surface area contributed by atoms with Crippen LogP contribution in [0.3, 0.4) is 0 Å². The van der Waals surface area contributed by atoms with Crippen LogP contribution >= 0.6 is 0 Å². The monoisotopic (exact) mass is 123 g/mol. The van der Waals surface area contributed by atoms with Gasteiger partial charge in [-0.15, -0.1) is 0 Å². The first-order valence-corrected chi connectivity index (χ1v) is 3.17. The molecule has 0 N–H and O–H groups in total. The molecule has 0 bridgehead atoms. The van der Waals surface area contributed by atoms with Gasteiger partial charge in [-0.05, 0) is 18.1 Å². The first kappa shape index (κ1) is 6.40. The lowest BCUT2D eigenvalue weighted by atomic mass is 10.1. The largest absolute Gasteiger partial charge is 0.469 e. The van der Waals surface area contributed by atoms with E-state index in [9.17, 15) is 0 Å². The molecular formula is C8H11O. The fraction of sp³-hybridized carbons (Fsp3) is 0.375. The predicted octanol–water partition coefficient (Wildman–Crippen LogP) is 2.49. The minimum Gasteiger partial charge on any atom is -0.469 e. The maximum atomic E-state index is 5.09. The number of furan rings is 1. The van der Waals surface area contributed by atoms with Crippen LogP contribution in [0.2, 0.25) is 0 Å². The molecule has 1 aromatic rings. The molecule has 0 aromatic carbocycles. The van der Waals surface area contributed by atoms with Crippen molar-refractivity contribution in [3.05, 3.63) is 30.6 Å². The zero-order valence-corrected chi connectivity index (χ0v) is 5.79. The van der Waals surface area contributed by atoms with Crippen molar-refractivity contribution >= 4 is 0 Å². The highest BCUT2D eigenvalue weighted by molar-refractivity contribution is 5.09. The van der Waals surface area contributed by atoms with Crippen molar-refractivity contribution in [3.8, 4) is 0 Å². The number of hydrogen-bond acceptors (Lipinski definition) is 1. The molecule has 1 rings (SSSR count). The van der Waals surface area contributed by atoms with Crippen molar-refractivity contribution in [1.82, 2.24) is 0 Å². The highest BCUT2D eigenvalue weighted by Gasteiger charge is 1.98. The summed E-state index contributed by atoms with van der Waals surface area (Å²) in [5.74, 6) is 1.53. The summed E-state index contributed by atoms with van der Waals surface area (Å²) in [6, 6.07) is 3.86. The third-order valence-electron chi connectivity index (χ3n) is 1.04. The highest BCUT2D eigenvalue weighted by atomic mass is 16.3. The molecule has 1 nitrogen and oxygen atoms in total. The van der Waals surface area contributed by atoms with E-state index >= 15 is 0 Å². The van der Waals surface area contributed by atoms with Crippen molar-refractivity contribution in [2.75, 3.05) is 0 Å². The highest BCUT2D eigenvalue weighted by Crippen LogP contribution is 2.09. The molecule has 0 atom stereocenters. The molecule has 0 spiro atoms. The van der Waals surface area contributed by atoms with Gasteiger partial charge in [-0.3, -0.25) is 0 Å². The maximum absolute atomic E-state index is 5.09. The van der Waals surface area contributed by atoms with Crippen molar-refractivity contribution in [1.29, 1.82) is 0 Å². The van der Waals surface area contributed by atoms with Crippen LogP contribution in [-0.2, 0) is 0 Å². The average molecular weight is 123 g/mol. The van der Waals surface area contributed by atoms with Crippen LogP contribution in [0.5, 0.6) is 0 Å². The zero-order valence-electron chi connectivity index (χ0n) is 5.79. The van der Waals surface area contributed by atoms with Gasteiger partial charge in [0.1, 0.15) is 5.76 Å². The van der Waals surface area contributed by atoms with Crippen LogP contribution in [0.1, 0.15) is 19.6 Å². The quantitative estimate of drug-likeness (QED) is 0.588. The second kappa shape index (κ2) is 2.72. The first-order valence-electron chi connectivity index (χ1n) is 3.17. The Labute approximate surface area is 55.7 Å². The lowest BCUT2D eigenvalue weighted by molar-refractivity contribution is 0.523. The Bertz CT molecular complexity index is 151. The summed E-state index contributed by atoms with van der Waals surface area (Å²) < 4.78 is 5.09. The topological polar surface area (TPSA) is 13.1 Å². The summed E-state index contributed by atoms with van der Waals surface area (Å²) >= 11 is 0. The summed E-state index contributed by atoms with van der Waals surface area (Å²) in [4.78, 5) is 0. The van der Waals surface area contributed by atoms with Gasteiger partial charge in [0.15, 0.2) is 0 Å². The lowest BCUT2D eigenvalue weighted by Crippen LogP contribution is -1.86. The molecule has 0 amide bonds. The summed E-state index contributed by atoms with van der Waals surface area (Å²) in [6.07, 6.45) is 3.77. The minimum absolute atomic E-state index is 0.566. The Morgan fingerprint density at radius 1 is 1.56 bits per heavy atom. The van der Waals surface area contributed by atoms with Gasteiger partial charge in [0, 0.05) is 6.42 Å². The fourth-order valence-corrected chi connectivity index (χ4v) is 0.715. The third-order valence-corrected chi connectivity index (χ3v) is 1.04. The number of hydrogen-bond donors (Lipinski definition) is 0. The normalized spacial score (nSPS) is 10.6. The van der Waals surface area contributed by atoms with Gasteiger partial charge in [0.2, 0.25) is 0 Å². The second-order valence-electron chi connectivity index (χ2n) is 2.43. The Hall–Kier alpha value is -0.720. The molecular weight excluding hydrogens is 112 g/mol. The van der Waals surface area contributed by atoms with Gasteiger partial charge >= 0.3 is 0 Å². The Morgan fingerprint density at radius 2 is 2.33 bits per heavy atom. The molecule has 1 radical (unpaired) electrons. The zero-order chi connectivity index (χ0) is 6.69. The molecule has 49 valence electrons. The molecule has 1 heterocycles. The molecule has 0 unspecified atom stereocenters. The third kappa shape index (κ3) is 1.92. The van der Waals surface area contributed by atoms with E-state index in [2.05, 4.69) is 20.3 Å². The van der Waals surface area contributed by atoms with E-state index in [-0.39, 0.29) is 0 Å². The maximum Gasteiger partial charge on any atom is 0.107 e. The van der Waals surface area contributed by atoms with Crippen molar-refractivity contribution < 1.29 is 4.42 Å². The van der Waals surface area contributed by atoms with E-state index in [1.807, 2.05) is 12.1 Å². The summed E-state index contributed by atoms with van der Waals surface area (Å²) in [6.45, 7) is 4.26. The molecule has 0 saturated heterocycles. The molecule has 0 aliphatic heterocycles. The molecule has 0 saturated carbocycles. The molecule has 0 aliphatic rings. The predicted molar refractivity (Wildman–Crippen MR) is 36.9 cm³/mol. The van der Waals surface area contributed by atoms with Gasteiger partial charge in [0.05, 0.1) is 6.26 Å². The van der Waals surface area contributed by atoms with Gasteiger partial charge in [0.25, 0.3) is 0 Å². The van der Waals surface area contributed by atoms with E-state index in [0.29, 0.717) is 5.92 Å². The molecule has 9 heavy (non-hydrogen) atoms. The van der Waals surface area contributed by atoms with Crippen LogP contribution in [0, 0.1) is 12.3 Å². The van der Waals surface area contributed by atoms with E-state index < -0.39 is 0 Å². The van der Waals surface area contributed by atoms with E-state index in [4.69, 9.17) is 4.42 Å². The van der Waals surface area contributed by atoms with Gasteiger partial charge in [-0.1, -0.05) is 13.8 Å². The number of rotatable bonds is 2. The lowest BCUT2D eigenvalue weighted by Gasteiger charge is -1.97. The van der Waals surface area contributed by atoms with Gasteiger partial charge in [-0.2, -0.15) is 0 Å². The summed E-state index contributed by atoms with van der Waals surface area (Å²) in [7, 11) is 0. The van der Waals surface area contributed by atoms with Crippen LogP contribution in [-0.4, -0.2) is 0 Å². The standard InChI is InChI=1S/C8H11O/c1-7(2)6-8-4-3-5-9-8/h3-7H,1-2H3. The van der Waals surface area contributed by atoms with Gasteiger partial charge < -0.3 is 4.42 Å². The SMILES string of the molecule is CC(C)[CH]c1ccco1. The van der Waals surface area contributed by atoms with Crippen LogP contribution < -0.4 is 0 Å². The molecule has 1 aromatic heterocycles. The Balaban J connectivity index is 2.48. The second-order valence-corrected chi connectivity index (χ2v) is 2.43. The Kier molecular flexibility index (Phi) is 1.93. The van der Waals surface area contributed by atoms with Crippen LogP contribution in [0.15, 0.2) is 22.8 Å². The van der Waals surface area contributed by atoms with E-state index in [1.165, 1.54) is 0 Å². The fourth-order valence-electron chi connectivity index (χ4n) is 0.715. The van der Waals surface area contributed by atoms with E-state index in [1.54, 1.807) is 6.26 Å².